The fourth-order valence-corrected chi connectivity index (χ4v) is 4.16. The Balaban J connectivity index is 1.62. The quantitative estimate of drug-likeness (QED) is 0.326. The van der Waals surface area contributed by atoms with Crippen LogP contribution >= 0.6 is 0 Å². The van der Waals surface area contributed by atoms with Crippen molar-refractivity contribution in [3.8, 4) is 0 Å². The molecule has 1 saturated heterocycles. The lowest BCUT2D eigenvalue weighted by Gasteiger charge is -2.29. The van der Waals surface area contributed by atoms with Crippen LogP contribution in [0.15, 0.2) is 24.3 Å². The van der Waals surface area contributed by atoms with Gasteiger partial charge in [0.15, 0.2) is 0 Å². The second kappa shape index (κ2) is 13.4. The van der Waals surface area contributed by atoms with Gasteiger partial charge in [-0.05, 0) is 43.2 Å². The Morgan fingerprint density at radius 3 is 2.04 bits per heavy atom. The molecule has 1 heterocycles. The standard InChI is InChI=1S/C25H42O/c1-3-5-7-9-11-13-22-15-17-23(18-16-22)24-19-20-25(26-21-24)14-12-10-8-6-4-2/h15-18,24-25H,3-14,19-21H2,1-2H3. The lowest BCUT2D eigenvalue weighted by atomic mass is 9.89. The first-order valence-electron chi connectivity index (χ1n) is 11.5. The van der Waals surface area contributed by atoms with E-state index in [9.17, 15) is 0 Å². The Hall–Kier alpha value is -0.820. The zero-order valence-corrected chi connectivity index (χ0v) is 17.5. The SMILES string of the molecule is CCCCCCCc1ccc(C2CCC(CCCCCCC)OC2)cc1. The third-order valence-electron chi connectivity index (χ3n) is 6.02. The van der Waals surface area contributed by atoms with Crippen molar-refractivity contribution in [3.05, 3.63) is 35.4 Å². The van der Waals surface area contributed by atoms with E-state index in [0.717, 1.165) is 6.61 Å². The Morgan fingerprint density at radius 1 is 0.769 bits per heavy atom. The van der Waals surface area contributed by atoms with Crippen molar-refractivity contribution >= 4 is 0 Å². The fraction of sp³-hybridized carbons (Fsp3) is 0.760. The van der Waals surface area contributed by atoms with Crippen molar-refractivity contribution < 1.29 is 4.74 Å². The van der Waals surface area contributed by atoms with Gasteiger partial charge in [0, 0.05) is 5.92 Å². The Labute approximate surface area is 162 Å². The predicted octanol–water partition coefficient (Wildman–Crippen LogP) is 7.82. The molecule has 1 aliphatic rings. The van der Waals surface area contributed by atoms with E-state index in [2.05, 4.69) is 38.1 Å². The van der Waals surface area contributed by atoms with Crippen LogP contribution in [0.25, 0.3) is 0 Å². The maximum atomic E-state index is 6.18. The Morgan fingerprint density at radius 2 is 1.42 bits per heavy atom. The molecule has 0 aliphatic carbocycles. The molecule has 26 heavy (non-hydrogen) atoms. The maximum Gasteiger partial charge on any atom is 0.0575 e. The molecule has 1 heteroatoms. The number of hydrogen-bond acceptors (Lipinski definition) is 1. The van der Waals surface area contributed by atoms with Crippen molar-refractivity contribution in [2.24, 2.45) is 0 Å². The number of hydrogen-bond donors (Lipinski definition) is 0. The topological polar surface area (TPSA) is 9.23 Å². The minimum Gasteiger partial charge on any atom is -0.378 e. The summed E-state index contributed by atoms with van der Waals surface area (Å²) < 4.78 is 6.18. The molecular weight excluding hydrogens is 316 g/mol. The van der Waals surface area contributed by atoms with E-state index in [1.807, 2.05) is 0 Å². The highest BCUT2D eigenvalue weighted by Crippen LogP contribution is 2.30. The van der Waals surface area contributed by atoms with Crippen LogP contribution < -0.4 is 0 Å². The summed E-state index contributed by atoms with van der Waals surface area (Å²) in [6.45, 7) is 5.49. The molecule has 1 nitrogen and oxygen atoms in total. The molecule has 2 rings (SSSR count). The number of rotatable bonds is 13. The van der Waals surface area contributed by atoms with Crippen molar-refractivity contribution in [3.63, 3.8) is 0 Å². The van der Waals surface area contributed by atoms with E-state index in [-0.39, 0.29) is 0 Å². The largest absolute Gasteiger partial charge is 0.378 e. The number of benzene rings is 1. The summed E-state index contributed by atoms with van der Waals surface area (Å²) in [7, 11) is 0. The highest BCUT2D eigenvalue weighted by atomic mass is 16.5. The lowest BCUT2D eigenvalue weighted by Crippen LogP contribution is -2.24. The van der Waals surface area contributed by atoms with Gasteiger partial charge in [0.2, 0.25) is 0 Å². The summed E-state index contributed by atoms with van der Waals surface area (Å²) in [5.74, 6) is 0.616. The molecule has 0 bridgehead atoms. The van der Waals surface area contributed by atoms with Gasteiger partial charge in [0.25, 0.3) is 0 Å². The van der Waals surface area contributed by atoms with Crippen LogP contribution in [0.2, 0.25) is 0 Å². The summed E-state index contributed by atoms with van der Waals surface area (Å²) >= 11 is 0. The molecular formula is C25H42O. The van der Waals surface area contributed by atoms with Gasteiger partial charge in [-0.15, -0.1) is 0 Å². The molecule has 1 fully saturated rings. The molecule has 0 amide bonds. The van der Waals surface area contributed by atoms with Crippen molar-refractivity contribution in [1.82, 2.24) is 0 Å². The van der Waals surface area contributed by atoms with E-state index in [1.54, 1.807) is 0 Å². The average molecular weight is 359 g/mol. The van der Waals surface area contributed by atoms with Crippen molar-refractivity contribution in [2.45, 2.75) is 116 Å². The molecule has 0 spiro atoms. The highest BCUT2D eigenvalue weighted by molar-refractivity contribution is 5.26. The van der Waals surface area contributed by atoms with Crippen LogP contribution in [0.1, 0.15) is 114 Å². The summed E-state index contributed by atoms with van der Waals surface area (Å²) in [5.41, 5.74) is 2.99. The lowest BCUT2D eigenvalue weighted by molar-refractivity contribution is -0.00213. The molecule has 1 aliphatic heterocycles. The molecule has 0 saturated carbocycles. The van der Waals surface area contributed by atoms with Crippen LogP contribution in [-0.2, 0) is 11.2 Å². The third-order valence-corrected chi connectivity index (χ3v) is 6.02. The maximum absolute atomic E-state index is 6.18. The third kappa shape index (κ3) is 8.25. The summed E-state index contributed by atoms with van der Waals surface area (Å²) in [6.07, 6.45) is 19.3. The molecule has 0 radical (unpaired) electrons. The fourth-order valence-electron chi connectivity index (χ4n) is 4.16. The van der Waals surface area contributed by atoms with Crippen LogP contribution in [0.3, 0.4) is 0 Å². The van der Waals surface area contributed by atoms with Gasteiger partial charge in [-0.1, -0.05) is 95.9 Å². The van der Waals surface area contributed by atoms with E-state index >= 15 is 0 Å². The van der Waals surface area contributed by atoms with Gasteiger partial charge in [-0.2, -0.15) is 0 Å². The first kappa shape index (κ1) is 21.5. The molecule has 1 aromatic carbocycles. The summed E-state index contributed by atoms with van der Waals surface area (Å²) in [5, 5.41) is 0. The first-order valence-corrected chi connectivity index (χ1v) is 11.5. The van der Waals surface area contributed by atoms with E-state index in [1.165, 1.54) is 101 Å². The molecule has 2 unspecified atom stereocenters. The van der Waals surface area contributed by atoms with Crippen molar-refractivity contribution in [1.29, 1.82) is 0 Å². The predicted molar refractivity (Wildman–Crippen MR) is 114 cm³/mol. The highest BCUT2D eigenvalue weighted by Gasteiger charge is 2.22. The second-order valence-corrected chi connectivity index (χ2v) is 8.34. The number of aryl methyl sites for hydroxylation is 1. The number of ether oxygens (including phenoxy) is 1. The van der Waals surface area contributed by atoms with Gasteiger partial charge in [0.05, 0.1) is 12.7 Å². The Bertz CT molecular complexity index is 442. The van der Waals surface area contributed by atoms with Crippen LogP contribution in [0, 0.1) is 0 Å². The van der Waals surface area contributed by atoms with Crippen molar-refractivity contribution in [2.75, 3.05) is 6.61 Å². The minimum absolute atomic E-state index is 0.523. The zero-order valence-electron chi connectivity index (χ0n) is 17.5. The summed E-state index contributed by atoms with van der Waals surface area (Å²) in [4.78, 5) is 0. The molecule has 0 N–H and O–H groups in total. The monoisotopic (exact) mass is 358 g/mol. The van der Waals surface area contributed by atoms with Crippen LogP contribution in [-0.4, -0.2) is 12.7 Å². The van der Waals surface area contributed by atoms with Gasteiger partial charge in [-0.25, -0.2) is 0 Å². The minimum atomic E-state index is 0.523. The van der Waals surface area contributed by atoms with E-state index < -0.39 is 0 Å². The molecule has 1 aromatic rings. The smallest absolute Gasteiger partial charge is 0.0575 e. The molecule has 148 valence electrons. The second-order valence-electron chi connectivity index (χ2n) is 8.34. The van der Waals surface area contributed by atoms with Gasteiger partial charge in [-0.3, -0.25) is 0 Å². The zero-order chi connectivity index (χ0) is 18.5. The van der Waals surface area contributed by atoms with Crippen LogP contribution in [0.5, 0.6) is 0 Å². The normalized spacial score (nSPS) is 20.4. The summed E-state index contributed by atoms with van der Waals surface area (Å²) in [6, 6.07) is 9.44. The first-order chi connectivity index (χ1) is 12.8. The van der Waals surface area contributed by atoms with Crippen LogP contribution in [0.4, 0.5) is 0 Å². The average Bonchev–Trinajstić information content (AvgIpc) is 2.69. The Kier molecular flexibility index (Phi) is 11.0. The number of unbranched alkanes of at least 4 members (excludes halogenated alkanes) is 8. The van der Waals surface area contributed by atoms with Gasteiger partial charge >= 0.3 is 0 Å². The van der Waals surface area contributed by atoms with Gasteiger partial charge < -0.3 is 4.74 Å². The molecule has 0 aromatic heterocycles. The molecule has 2 atom stereocenters. The van der Waals surface area contributed by atoms with E-state index in [4.69, 9.17) is 4.74 Å². The van der Waals surface area contributed by atoms with Gasteiger partial charge in [0.1, 0.15) is 0 Å². The van der Waals surface area contributed by atoms with E-state index in [0.29, 0.717) is 12.0 Å².